The van der Waals surface area contributed by atoms with Crippen LogP contribution in [-0.2, 0) is 4.79 Å². The third-order valence-electron chi connectivity index (χ3n) is 4.22. The van der Waals surface area contributed by atoms with Gasteiger partial charge in [0.05, 0.1) is 0 Å². The van der Waals surface area contributed by atoms with E-state index in [0.717, 1.165) is 12.2 Å². The lowest BCUT2D eigenvalue weighted by molar-refractivity contribution is -0.116. The highest BCUT2D eigenvalue weighted by molar-refractivity contribution is 5.95. The summed E-state index contributed by atoms with van der Waals surface area (Å²) < 4.78 is 0. The molecule has 2 rings (SSSR count). The Kier molecular flexibility index (Phi) is 6.59. The molecule has 120 valence electrons. The fraction of sp³-hybridized carbons (Fsp3) is 0.556. The molecule has 0 heterocycles. The van der Waals surface area contributed by atoms with Crippen molar-refractivity contribution in [3.63, 3.8) is 0 Å². The minimum absolute atomic E-state index is 0.0108. The maximum atomic E-state index is 11.9. The first-order valence-electron chi connectivity index (χ1n) is 8.29. The first-order chi connectivity index (χ1) is 10.6. The number of carbonyl (C=O) groups excluding carboxylic acids is 2. The predicted molar refractivity (Wildman–Crippen MR) is 89.2 cm³/mol. The van der Waals surface area contributed by atoms with Crippen LogP contribution in [0.5, 0.6) is 0 Å². The van der Waals surface area contributed by atoms with E-state index in [-0.39, 0.29) is 11.7 Å². The molecule has 22 heavy (non-hydrogen) atoms. The summed E-state index contributed by atoms with van der Waals surface area (Å²) in [5, 5.41) is 6.36. The van der Waals surface area contributed by atoms with E-state index in [1.54, 1.807) is 24.3 Å². The van der Waals surface area contributed by atoms with Crippen LogP contribution < -0.4 is 10.6 Å². The monoisotopic (exact) mass is 302 g/mol. The minimum atomic E-state index is 0.0108. The first kappa shape index (κ1) is 16.7. The van der Waals surface area contributed by atoms with Crippen molar-refractivity contribution in [2.24, 2.45) is 0 Å². The third-order valence-corrected chi connectivity index (χ3v) is 4.22. The van der Waals surface area contributed by atoms with Gasteiger partial charge in [-0.2, -0.15) is 0 Å². The molecule has 0 saturated heterocycles. The van der Waals surface area contributed by atoms with Crippen molar-refractivity contribution >= 4 is 17.4 Å². The molecule has 4 heteroatoms. The van der Waals surface area contributed by atoms with Crippen molar-refractivity contribution in [1.29, 1.82) is 0 Å². The number of amides is 1. The second-order valence-corrected chi connectivity index (χ2v) is 6.07. The average molecular weight is 302 g/mol. The van der Waals surface area contributed by atoms with Gasteiger partial charge in [0.2, 0.25) is 5.91 Å². The number of carbonyl (C=O) groups is 2. The van der Waals surface area contributed by atoms with Crippen LogP contribution in [0.15, 0.2) is 24.3 Å². The van der Waals surface area contributed by atoms with Gasteiger partial charge in [-0.3, -0.25) is 9.59 Å². The molecule has 0 unspecified atom stereocenters. The maximum absolute atomic E-state index is 11.9. The molecule has 0 radical (unpaired) electrons. The number of Topliss-reactive ketones (excluding diaryl/α,β-unsaturated/α-hetero) is 1. The topological polar surface area (TPSA) is 58.2 Å². The van der Waals surface area contributed by atoms with Crippen LogP contribution in [0.1, 0.15) is 62.2 Å². The zero-order valence-electron chi connectivity index (χ0n) is 13.4. The summed E-state index contributed by atoms with van der Waals surface area (Å²) in [5.41, 5.74) is 1.40. The van der Waals surface area contributed by atoms with Gasteiger partial charge in [0.25, 0.3) is 0 Å². The Bertz CT molecular complexity index is 488. The van der Waals surface area contributed by atoms with Crippen molar-refractivity contribution in [2.75, 3.05) is 11.9 Å². The fourth-order valence-corrected chi connectivity index (χ4v) is 2.89. The Labute approximate surface area is 132 Å². The zero-order valence-corrected chi connectivity index (χ0v) is 13.4. The van der Waals surface area contributed by atoms with Gasteiger partial charge in [-0.1, -0.05) is 25.7 Å². The molecular formula is C18H26N2O2. The highest BCUT2D eigenvalue weighted by Gasteiger charge is 2.12. The fourth-order valence-electron chi connectivity index (χ4n) is 2.89. The molecule has 0 atom stereocenters. The summed E-state index contributed by atoms with van der Waals surface area (Å²) in [5.74, 6) is 0.0437. The summed E-state index contributed by atoms with van der Waals surface area (Å²) in [4.78, 5) is 23.1. The maximum Gasteiger partial charge on any atom is 0.225 e. The van der Waals surface area contributed by atoms with Gasteiger partial charge >= 0.3 is 0 Å². The molecule has 0 bridgehead atoms. The molecular weight excluding hydrogens is 276 g/mol. The molecule has 0 aromatic heterocycles. The predicted octanol–water partition coefficient (Wildman–Crippen LogP) is 3.53. The van der Waals surface area contributed by atoms with Crippen LogP contribution >= 0.6 is 0 Å². The third kappa shape index (κ3) is 5.60. The lowest BCUT2D eigenvalue weighted by atomic mass is 10.1. The van der Waals surface area contributed by atoms with E-state index in [2.05, 4.69) is 10.6 Å². The van der Waals surface area contributed by atoms with Crippen LogP contribution in [0.3, 0.4) is 0 Å². The molecule has 2 N–H and O–H groups in total. The van der Waals surface area contributed by atoms with Gasteiger partial charge in [-0.05, 0) is 44.0 Å². The van der Waals surface area contributed by atoms with Gasteiger partial charge in [0.1, 0.15) is 0 Å². The SMILES string of the molecule is CC(=O)c1ccc(NC(=O)CCNC2CCCCCC2)cc1. The summed E-state index contributed by atoms with van der Waals surface area (Å²) in [6.45, 7) is 2.26. The normalized spacial score (nSPS) is 16.0. The summed E-state index contributed by atoms with van der Waals surface area (Å²) in [6, 6.07) is 7.59. The number of hydrogen-bond acceptors (Lipinski definition) is 3. The van der Waals surface area contributed by atoms with Crippen LogP contribution in [-0.4, -0.2) is 24.3 Å². The van der Waals surface area contributed by atoms with E-state index < -0.39 is 0 Å². The van der Waals surface area contributed by atoms with Crippen molar-refractivity contribution in [1.82, 2.24) is 5.32 Å². The second-order valence-electron chi connectivity index (χ2n) is 6.07. The van der Waals surface area contributed by atoms with Crippen LogP contribution in [0, 0.1) is 0 Å². The number of nitrogens with one attached hydrogen (secondary N) is 2. The highest BCUT2D eigenvalue weighted by Crippen LogP contribution is 2.17. The van der Waals surface area contributed by atoms with Crippen molar-refractivity contribution in [3.05, 3.63) is 29.8 Å². The molecule has 1 aromatic rings. The quantitative estimate of drug-likeness (QED) is 0.624. The van der Waals surface area contributed by atoms with E-state index >= 15 is 0 Å². The Hall–Kier alpha value is -1.68. The van der Waals surface area contributed by atoms with Gasteiger partial charge in [0.15, 0.2) is 5.78 Å². The highest BCUT2D eigenvalue weighted by atomic mass is 16.1. The summed E-state index contributed by atoms with van der Waals surface area (Å²) in [7, 11) is 0. The second kappa shape index (κ2) is 8.69. The smallest absolute Gasteiger partial charge is 0.225 e. The Morgan fingerprint density at radius 2 is 1.68 bits per heavy atom. The van der Waals surface area contributed by atoms with E-state index in [0.29, 0.717) is 18.0 Å². The summed E-state index contributed by atoms with van der Waals surface area (Å²) in [6.07, 6.45) is 8.22. The van der Waals surface area contributed by atoms with E-state index in [4.69, 9.17) is 0 Å². The van der Waals surface area contributed by atoms with E-state index in [1.807, 2.05) is 0 Å². The molecule has 1 saturated carbocycles. The Morgan fingerprint density at radius 3 is 2.27 bits per heavy atom. The summed E-state index contributed by atoms with van der Waals surface area (Å²) >= 11 is 0. The molecule has 4 nitrogen and oxygen atoms in total. The average Bonchev–Trinajstić information content (AvgIpc) is 2.76. The molecule has 0 aliphatic heterocycles. The molecule has 1 aliphatic carbocycles. The number of hydrogen-bond donors (Lipinski definition) is 2. The van der Waals surface area contributed by atoms with Crippen LogP contribution in [0.2, 0.25) is 0 Å². The number of anilines is 1. The van der Waals surface area contributed by atoms with Gasteiger partial charge in [-0.15, -0.1) is 0 Å². The largest absolute Gasteiger partial charge is 0.326 e. The van der Waals surface area contributed by atoms with E-state index in [1.165, 1.54) is 45.4 Å². The lowest BCUT2D eigenvalue weighted by Crippen LogP contribution is -2.31. The standard InChI is InChI=1S/C18H26N2O2/c1-14(21)15-8-10-17(11-9-15)20-18(22)12-13-19-16-6-4-2-3-5-7-16/h8-11,16,19H,2-7,12-13H2,1H3,(H,20,22). The van der Waals surface area contributed by atoms with Crippen molar-refractivity contribution < 1.29 is 9.59 Å². The molecule has 1 amide bonds. The minimum Gasteiger partial charge on any atom is -0.326 e. The van der Waals surface area contributed by atoms with Crippen molar-refractivity contribution in [2.45, 2.75) is 57.9 Å². The lowest BCUT2D eigenvalue weighted by Gasteiger charge is -2.15. The van der Waals surface area contributed by atoms with Gasteiger partial charge in [-0.25, -0.2) is 0 Å². The van der Waals surface area contributed by atoms with Gasteiger partial charge < -0.3 is 10.6 Å². The first-order valence-corrected chi connectivity index (χ1v) is 8.29. The number of ketones is 1. The van der Waals surface area contributed by atoms with E-state index in [9.17, 15) is 9.59 Å². The number of benzene rings is 1. The molecule has 0 spiro atoms. The Balaban J connectivity index is 1.69. The van der Waals surface area contributed by atoms with Crippen LogP contribution in [0.25, 0.3) is 0 Å². The molecule has 1 aliphatic rings. The molecule has 1 aromatic carbocycles. The number of rotatable bonds is 6. The van der Waals surface area contributed by atoms with Crippen LogP contribution in [0.4, 0.5) is 5.69 Å². The van der Waals surface area contributed by atoms with Gasteiger partial charge in [0, 0.05) is 30.3 Å². The zero-order chi connectivity index (χ0) is 15.8. The Morgan fingerprint density at radius 1 is 1.05 bits per heavy atom. The molecule has 1 fully saturated rings. The van der Waals surface area contributed by atoms with Crippen molar-refractivity contribution in [3.8, 4) is 0 Å².